The number of aromatic nitrogens is 1. The van der Waals surface area contributed by atoms with Crippen LogP contribution in [0.25, 0.3) is 49.2 Å². The van der Waals surface area contributed by atoms with Crippen molar-refractivity contribution in [2.45, 2.75) is 40.4 Å². The largest absolute Gasteiger partial charge is 0.466 e. The molecule has 2 heterocycles. The van der Waals surface area contributed by atoms with Gasteiger partial charge in [-0.25, -0.2) is 4.85 Å². The van der Waals surface area contributed by atoms with Gasteiger partial charge in [0.1, 0.15) is 18.2 Å². The van der Waals surface area contributed by atoms with E-state index in [2.05, 4.69) is 4.85 Å². The third-order valence-corrected chi connectivity index (χ3v) is 6.65. The summed E-state index contributed by atoms with van der Waals surface area (Å²) in [7, 11) is 1.79. The van der Waals surface area contributed by atoms with Crippen molar-refractivity contribution >= 4 is 27.6 Å². The SMILES string of the molecule is [2H]c1c(C)c(C([2H])(C)C([2H])([2H])[2H])c(C)[n+](C)c1-c1c(C)ccc2c1oc1c([N+]#[C-])cc(-c3ccccc3)cc12. The fourth-order valence-corrected chi connectivity index (χ4v) is 4.91. The summed E-state index contributed by atoms with van der Waals surface area (Å²) in [4.78, 5) is 3.77. The van der Waals surface area contributed by atoms with E-state index in [1.54, 1.807) is 25.5 Å². The van der Waals surface area contributed by atoms with Gasteiger partial charge >= 0.3 is 0 Å². The van der Waals surface area contributed by atoms with Crippen LogP contribution >= 0.6 is 0 Å². The van der Waals surface area contributed by atoms with E-state index < -0.39 is 12.7 Å². The Bertz CT molecular complexity index is 1800. The van der Waals surface area contributed by atoms with E-state index in [0.29, 0.717) is 44.9 Å². The lowest BCUT2D eigenvalue weighted by molar-refractivity contribution is -0.667. The Morgan fingerprint density at radius 2 is 1.76 bits per heavy atom. The molecule has 3 nitrogen and oxygen atoms in total. The van der Waals surface area contributed by atoms with Crippen LogP contribution in [0.2, 0.25) is 0 Å². The van der Waals surface area contributed by atoms with Crippen molar-refractivity contribution in [1.29, 1.82) is 0 Å². The van der Waals surface area contributed by atoms with Gasteiger partial charge in [0.2, 0.25) is 11.4 Å². The maximum Gasteiger partial charge on any atom is 0.230 e. The van der Waals surface area contributed by atoms with Crippen molar-refractivity contribution in [3.63, 3.8) is 0 Å². The van der Waals surface area contributed by atoms with Gasteiger partial charge in [-0.3, -0.25) is 0 Å². The van der Waals surface area contributed by atoms with Crippen molar-refractivity contribution < 1.29 is 15.8 Å². The van der Waals surface area contributed by atoms with E-state index in [4.69, 9.17) is 17.8 Å². The molecule has 0 saturated carbocycles. The molecule has 0 radical (unpaired) electrons. The Morgan fingerprint density at radius 3 is 2.47 bits per heavy atom. The fourth-order valence-electron chi connectivity index (χ4n) is 4.91. The average Bonchev–Trinajstić information content (AvgIpc) is 3.26. The summed E-state index contributed by atoms with van der Waals surface area (Å²) in [6.45, 7) is 12.1. The highest BCUT2D eigenvalue weighted by Crippen LogP contribution is 2.43. The topological polar surface area (TPSA) is 21.4 Å². The molecule has 1 atom stereocenters. The van der Waals surface area contributed by atoms with Gasteiger partial charge in [0, 0.05) is 34.8 Å². The first kappa shape index (κ1) is 16.7. The van der Waals surface area contributed by atoms with E-state index >= 15 is 0 Å². The molecule has 0 bridgehead atoms. The van der Waals surface area contributed by atoms with Crippen LogP contribution in [-0.2, 0) is 7.05 Å². The standard InChI is InChI=1S/C31H29N2O/c1-18(2)28-20(4)15-27(33(7)21(28)5)29-19(3)13-14-24-25-16-23(22-11-9-8-10-12-22)17-26(32-6)30(25)34-31(24)29/h8-18H,1-5,7H3/q+1/i1D3,15D,18D. The van der Waals surface area contributed by atoms with Gasteiger partial charge in [0.15, 0.2) is 5.69 Å². The molecule has 0 saturated heterocycles. The van der Waals surface area contributed by atoms with Crippen LogP contribution < -0.4 is 4.57 Å². The Hall–Kier alpha value is -3.90. The van der Waals surface area contributed by atoms with Crippen LogP contribution in [0.3, 0.4) is 0 Å². The predicted octanol–water partition coefficient (Wildman–Crippen LogP) is 8.34. The fraction of sp³-hybridized carbons (Fsp3) is 0.226. The van der Waals surface area contributed by atoms with Gasteiger partial charge in [-0.1, -0.05) is 56.2 Å². The lowest BCUT2D eigenvalue weighted by atomic mass is 9.93. The first-order valence-corrected chi connectivity index (χ1v) is 11.2. The second kappa shape index (κ2) is 8.15. The zero-order valence-corrected chi connectivity index (χ0v) is 20.0. The van der Waals surface area contributed by atoms with E-state index in [9.17, 15) is 0 Å². The van der Waals surface area contributed by atoms with Crippen molar-refractivity contribution in [3.05, 3.63) is 94.4 Å². The Labute approximate surface area is 208 Å². The summed E-state index contributed by atoms with van der Waals surface area (Å²) in [5.74, 6) is -1.88. The first-order valence-electron chi connectivity index (χ1n) is 13.7. The Balaban J connectivity index is 1.86. The molecule has 0 fully saturated rings. The molecule has 0 amide bonds. The molecule has 1 unspecified atom stereocenters. The number of rotatable bonds is 3. The van der Waals surface area contributed by atoms with Crippen molar-refractivity contribution in [3.8, 4) is 22.4 Å². The molecule has 168 valence electrons. The molecule has 0 N–H and O–H groups in total. The van der Waals surface area contributed by atoms with Crippen LogP contribution in [0.1, 0.15) is 48.9 Å². The summed E-state index contributed by atoms with van der Waals surface area (Å²) < 4.78 is 50.1. The quantitative estimate of drug-likeness (QED) is 0.200. The molecule has 0 aliphatic heterocycles. The number of fused-ring (bicyclic) bond motifs is 3. The molecule has 3 aromatic carbocycles. The van der Waals surface area contributed by atoms with E-state index in [1.165, 1.54) is 6.92 Å². The zero-order chi connectivity index (χ0) is 28.4. The monoisotopic (exact) mass is 450 g/mol. The number of nitrogens with zero attached hydrogens (tertiary/aromatic N) is 2. The van der Waals surface area contributed by atoms with Gasteiger partial charge in [-0.15, -0.1) is 0 Å². The second-order valence-electron chi connectivity index (χ2n) is 8.83. The third-order valence-electron chi connectivity index (χ3n) is 6.65. The number of aryl methyl sites for hydroxylation is 1. The second-order valence-corrected chi connectivity index (χ2v) is 8.83. The summed E-state index contributed by atoms with van der Waals surface area (Å²) >= 11 is 0. The molecule has 3 heteroatoms. The number of hydrogen-bond acceptors (Lipinski definition) is 1. The number of pyridine rings is 1. The van der Waals surface area contributed by atoms with Crippen molar-refractivity contribution in [2.24, 2.45) is 7.05 Å². The lowest BCUT2D eigenvalue weighted by Crippen LogP contribution is -2.37. The molecule has 0 aliphatic carbocycles. The Morgan fingerprint density at radius 1 is 1.00 bits per heavy atom. The zero-order valence-electron chi connectivity index (χ0n) is 25.0. The summed E-state index contributed by atoms with van der Waals surface area (Å²) in [6.07, 6.45) is 0. The minimum Gasteiger partial charge on any atom is -0.466 e. The average molecular weight is 451 g/mol. The minimum atomic E-state index is -2.56. The van der Waals surface area contributed by atoms with Crippen LogP contribution in [-0.4, -0.2) is 0 Å². The van der Waals surface area contributed by atoms with Crippen LogP contribution in [0.15, 0.2) is 65.1 Å². The first-order chi connectivity index (χ1) is 18.3. The van der Waals surface area contributed by atoms with Gasteiger partial charge < -0.3 is 4.42 Å². The summed E-state index contributed by atoms with van der Waals surface area (Å²) in [5, 5.41) is 1.65. The summed E-state index contributed by atoms with van der Waals surface area (Å²) in [5.41, 5.74) is 6.95. The minimum absolute atomic E-state index is 0.146. The lowest BCUT2D eigenvalue weighted by Gasteiger charge is -2.15. The smallest absolute Gasteiger partial charge is 0.230 e. The van der Waals surface area contributed by atoms with Gasteiger partial charge in [-0.05, 0) is 54.1 Å². The van der Waals surface area contributed by atoms with E-state index in [1.807, 2.05) is 61.5 Å². The highest BCUT2D eigenvalue weighted by molar-refractivity contribution is 6.14. The van der Waals surface area contributed by atoms with Crippen molar-refractivity contribution in [1.82, 2.24) is 0 Å². The highest BCUT2D eigenvalue weighted by atomic mass is 16.3. The van der Waals surface area contributed by atoms with Crippen LogP contribution in [0, 0.1) is 27.3 Å². The van der Waals surface area contributed by atoms with Gasteiger partial charge in [0.25, 0.3) is 0 Å². The maximum absolute atomic E-state index is 9.15. The number of hydrogen-bond donors (Lipinski definition) is 0. The normalized spacial score (nSPS) is 15.7. The predicted molar refractivity (Wildman–Crippen MR) is 140 cm³/mol. The molecule has 5 rings (SSSR count). The van der Waals surface area contributed by atoms with E-state index in [-0.39, 0.29) is 6.04 Å². The molecule has 0 spiro atoms. The number of furan rings is 1. The van der Waals surface area contributed by atoms with E-state index in [0.717, 1.165) is 27.5 Å². The summed E-state index contributed by atoms with van der Waals surface area (Å²) in [6, 6.07) is 17.9. The third kappa shape index (κ3) is 3.30. The van der Waals surface area contributed by atoms with Crippen LogP contribution in [0.4, 0.5) is 5.69 Å². The number of benzene rings is 3. The molecular weight excluding hydrogens is 416 g/mol. The maximum atomic E-state index is 9.15. The molecule has 2 aromatic heterocycles. The molecule has 34 heavy (non-hydrogen) atoms. The van der Waals surface area contributed by atoms with Gasteiger partial charge in [0.05, 0.1) is 13.5 Å². The van der Waals surface area contributed by atoms with Crippen LogP contribution in [0.5, 0.6) is 0 Å². The Kier molecular flexibility index (Phi) is 4.00. The highest BCUT2D eigenvalue weighted by Gasteiger charge is 2.26. The molecule has 5 aromatic rings. The molecular formula is C31H29N2O+. The molecule has 0 aliphatic rings. The van der Waals surface area contributed by atoms with Crippen molar-refractivity contribution in [2.75, 3.05) is 0 Å². The van der Waals surface area contributed by atoms with Gasteiger partial charge in [-0.2, -0.15) is 4.57 Å².